The Hall–Kier alpha value is -4.01. The van der Waals surface area contributed by atoms with Gasteiger partial charge in [0.05, 0.1) is 31.7 Å². The average molecular weight is 412 g/mol. The lowest BCUT2D eigenvalue weighted by molar-refractivity contribution is -0.135. The zero-order valence-electron chi connectivity index (χ0n) is 16.3. The summed E-state index contributed by atoms with van der Waals surface area (Å²) in [5.74, 6) is -2.47. The third kappa shape index (κ3) is 3.77. The molecular weight excluding hydrogens is 392 g/mol. The molecule has 0 spiro atoms. The van der Waals surface area contributed by atoms with Gasteiger partial charge in [0.25, 0.3) is 11.5 Å². The van der Waals surface area contributed by atoms with Crippen molar-refractivity contribution in [3.05, 3.63) is 63.9 Å². The van der Waals surface area contributed by atoms with Crippen molar-refractivity contribution < 1.29 is 29.3 Å². The van der Waals surface area contributed by atoms with Gasteiger partial charge < -0.3 is 29.6 Å². The van der Waals surface area contributed by atoms with E-state index in [0.29, 0.717) is 11.3 Å². The second kappa shape index (κ2) is 8.56. The van der Waals surface area contributed by atoms with Gasteiger partial charge in [0, 0.05) is 0 Å². The van der Waals surface area contributed by atoms with Crippen molar-refractivity contribution in [2.45, 2.75) is 6.54 Å². The van der Waals surface area contributed by atoms with Crippen LogP contribution in [-0.4, -0.2) is 47.4 Å². The minimum Gasteiger partial charge on any atom is -0.506 e. The molecule has 9 heteroatoms. The van der Waals surface area contributed by atoms with Crippen LogP contribution in [-0.2, 0) is 11.3 Å². The van der Waals surface area contributed by atoms with Gasteiger partial charge in [-0.3, -0.25) is 14.4 Å². The number of carboxylic acid groups (broad SMARTS) is 1. The molecule has 0 aliphatic carbocycles. The minimum absolute atomic E-state index is 0.104. The van der Waals surface area contributed by atoms with Crippen LogP contribution in [0.2, 0.25) is 0 Å². The number of pyridine rings is 1. The molecule has 3 rings (SSSR count). The van der Waals surface area contributed by atoms with Crippen molar-refractivity contribution in [3.63, 3.8) is 0 Å². The topological polar surface area (TPSA) is 127 Å². The first kappa shape index (κ1) is 20.7. The molecule has 0 fully saturated rings. The fourth-order valence-electron chi connectivity index (χ4n) is 3.21. The maximum atomic E-state index is 13.2. The fourth-order valence-corrected chi connectivity index (χ4v) is 3.21. The molecule has 0 atom stereocenters. The molecule has 1 amide bonds. The lowest BCUT2D eigenvalue weighted by atomic mass is 10.1. The van der Waals surface area contributed by atoms with Crippen LogP contribution in [0, 0.1) is 0 Å². The first-order valence-corrected chi connectivity index (χ1v) is 8.93. The summed E-state index contributed by atoms with van der Waals surface area (Å²) in [4.78, 5) is 36.6. The summed E-state index contributed by atoms with van der Waals surface area (Å²) in [6.45, 7) is -0.588. The Morgan fingerprint density at radius 1 is 1.07 bits per heavy atom. The van der Waals surface area contributed by atoms with E-state index in [1.54, 1.807) is 12.1 Å². The number of hydrogen-bond donors (Lipinski definition) is 3. The molecule has 156 valence electrons. The molecule has 3 aromatic rings. The number of nitrogens with one attached hydrogen (secondary N) is 1. The molecule has 3 N–H and O–H groups in total. The smallest absolute Gasteiger partial charge is 0.322 e. The second-order valence-electron chi connectivity index (χ2n) is 6.37. The Morgan fingerprint density at radius 3 is 2.37 bits per heavy atom. The first-order chi connectivity index (χ1) is 14.4. The molecule has 0 aliphatic heterocycles. The van der Waals surface area contributed by atoms with E-state index in [1.807, 2.05) is 30.3 Å². The molecule has 0 bridgehead atoms. The lowest BCUT2D eigenvalue weighted by Gasteiger charge is -2.18. The van der Waals surface area contributed by atoms with E-state index >= 15 is 0 Å². The predicted octanol–water partition coefficient (Wildman–Crippen LogP) is 1.59. The molecule has 1 heterocycles. The number of ether oxygens (including phenoxy) is 2. The highest BCUT2D eigenvalue weighted by molar-refractivity contribution is 6.05. The number of methoxy groups -OCH3 is 2. The SMILES string of the molecule is COc1ccc2c(c(O)c(C(=O)NCC(=O)O)c(=O)n2Cc2ccccc2)c1OC. The summed E-state index contributed by atoms with van der Waals surface area (Å²) in [5.41, 5.74) is -0.225. The molecule has 2 aromatic carbocycles. The van der Waals surface area contributed by atoms with Gasteiger partial charge in [-0.25, -0.2) is 0 Å². The fraction of sp³-hybridized carbons (Fsp3) is 0.190. The lowest BCUT2D eigenvalue weighted by Crippen LogP contribution is -2.36. The van der Waals surface area contributed by atoms with Gasteiger partial charge in [0.1, 0.15) is 17.9 Å². The summed E-state index contributed by atoms with van der Waals surface area (Å²) < 4.78 is 12.0. The number of carbonyl (C=O) groups excluding carboxylic acids is 1. The summed E-state index contributed by atoms with van der Waals surface area (Å²) in [5, 5.41) is 21.9. The van der Waals surface area contributed by atoms with Gasteiger partial charge in [-0.05, 0) is 17.7 Å². The van der Waals surface area contributed by atoms with Crippen molar-refractivity contribution in [3.8, 4) is 17.2 Å². The zero-order valence-corrected chi connectivity index (χ0v) is 16.3. The Labute approximate surface area is 171 Å². The van der Waals surface area contributed by atoms with Gasteiger partial charge in [0.15, 0.2) is 11.5 Å². The number of aromatic hydroxyl groups is 1. The second-order valence-corrected chi connectivity index (χ2v) is 6.37. The van der Waals surface area contributed by atoms with Crippen LogP contribution in [0.5, 0.6) is 17.2 Å². The number of amides is 1. The monoisotopic (exact) mass is 412 g/mol. The first-order valence-electron chi connectivity index (χ1n) is 8.93. The van der Waals surface area contributed by atoms with E-state index in [2.05, 4.69) is 5.32 Å². The molecule has 1 aromatic heterocycles. The summed E-state index contributed by atoms with van der Waals surface area (Å²) in [6.07, 6.45) is 0. The Kier molecular flexibility index (Phi) is 5.91. The Morgan fingerprint density at radius 2 is 1.77 bits per heavy atom. The van der Waals surface area contributed by atoms with Crippen LogP contribution in [0.3, 0.4) is 0 Å². The van der Waals surface area contributed by atoms with Gasteiger partial charge in [-0.15, -0.1) is 0 Å². The van der Waals surface area contributed by atoms with E-state index in [1.165, 1.54) is 18.8 Å². The average Bonchev–Trinajstić information content (AvgIpc) is 2.74. The Balaban J connectivity index is 2.33. The number of carboxylic acids is 1. The zero-order chi connectivity index (χ0) is 21.8. The number of benzene rings is 2. The number of fused-ring (bicyclic) bond motifs is 1. The molecule has 9 nitrogen and oxygen atoms in total. The Bertz CT molecular complexity index is 1170. The third-order valence-corrected chi connectivity index (χ3v) is 4.56. The summed E-state index contributed by atoms with van der Waals surface area (Å²) in [6, 6.07) is 12.3. The third-order valence-electron chi connectivity index (χ3n) is 4.56. The van der Waals surface area contributed by atoms with Crippen LogP contribution < -0.4 is 20.3 Å². The van der Waals surface area contributed by atoms with E-state index in [-0.39, 0.29) is 17.7 Å². The maximum absolute atomic E-state index is 13.2. The highest BCUT2D eigenvalue weighted by Crippen LogP contribution is 2.41. The molecule has 0 saturated carbocycles. The molecule has 0 unspecified atom stereocenters. The predicted molar refractivity (Wildman–Crippen MR) is 108 cm³/mol. The van der Waals surface area contributed by atoms with Crippen LogP contribution in [0.25, 0.3) is 10.9 Å². The van der Waals surface area contributed by atoms with Gasteiger partial charge in [-0.1, -0.05) is 30.3 Å². The summed E-state index contributed by atoms with van der Waals surface area (Å²) >= 11 is 0. The molecule has 0 aliphatic rings. The molecule has 0 saturated heterocycles. The van der Waals surface area contributed by atoms with E-state index in [0.717, 1.165) is 5.56 Å². The van der Waals surface area contributed by atoms with Crippen LogP contribution in [0.1, 0.15) is 15.9 Å². The molecular formula is C21H20N2O7. The number of aliphatic carboxylic acids is 1. The van der Waals surface area contributed by atoms with Gasteiger partial charge >= 0.3 is 5.97 Å². The van der Waals surface area contributed by atoms with Gasteiger partial charge in [0.2, 0.25) is 0 Å². The van der Waals surface area contributed by atoms with Gasteiger partial charge in [-0.2, -0.15) is 0 Å². The minimum atomic E-state index is -1.28. The number of hydrogen-bond acceptors (Lipinski definition) is 6. The van der Waals surface area contributed by atoms with Crippen molar-refractivity contribution in [1.82, 2.24) is 9.88 Å². The van der Waals surface area contributed by atoms with Crippen molar-refractivity contribution in [2.75, 3.05) is 20.8 Å². The van der Waals surface area contributed by atoms with E-state index < -0.39 is 35.3 Å². The quantitative estimate of drug-likeness (QED) is 0.538. The van der Waals surface area contributed by atoms with Crippen LogP contribution in [0.4, 0.5) is 0 Å². The molecule has 30 heavy (non-hydrogen) atoms. The molecule has 0 radical (unpaired) electrons. The summed E-state index contributed by atoms with van der Waals surface area (Å²) in [7, 11) is 2.79. The number of carbonyl (C=O) groups is 2. The standard InChI is InChI=1S/C21H20N2O7/c1-29-14-9-8-13-16(19(14)30-2)18(26)17(20(27)22-10-15(24)25)21(28)23(13)11-12-6-4-3-5-7-12/h3-9,26H,10-11H2,1-2H3,(H,22,27)(H,24,25). The normalized spacial score (nSPS) is 10.6. The van der Waals surface area contributed by atoms with Crippen molar-refractivity contribution in [1.29, 1.82) is 0 Å². The highest BCUT2D eigenvalue weighted by atomic mass is 16.5. The maximum Gasteiger partial charge on any atom is 0.322 e. The number of nitrogens with zero attached hydrogens (tertiary/aromatic N) is 1. The van der Waals surface area contributed by atoms with Crippen LogP contribution >= 0.6 is 0 Å². The van der Waals surface area contributed by atoms with Crippen LogP contribution in [0.15, 0.2) is 47.3 Å². The highest BCUT2D eigenvalue weighted by Gasteiger charge is 2.26. The van der Waals surface area contributed by atoms with E-state index in [4.69, 9.17) is 14.6 Å². The largest absolute Gasteiger partial charge is 0.506 e. The van der Waals surface area contributed by atoms with Crippen molar-refractivity contribution >= 4 is 22.8 Å². The van der Waals surface area contributed by atoms with Crippen molar-refractivity contribution in [2.24, 2.45) is 0 Å². The number of rotatable bonds is 7. The van der Waals surface area contributed by atoms with E-state index in [9.17, 15) is 19.5 Å². The number of aromatic nitrogens is 1.